The first kappa shape index (κ1) is 13.6. The second-order valence-corrected chi connectivity index (χ2v) is 4.99. The van der Waals surface area contributed by atoms with Crippen LogP contribution in [0.5, 0.6) is 0 Å². The van der Waals surface area contributed by atoms with Crippen molar-refractivity contribution in [2.24, 2.45) is 0 Å². The van der Waals surface area contributed by atoms with E-state index < -0.39 is 0 Å². The number of nitrogens with zero attached hydrogens (tertiary/aromatic N) is 1. The molecule has 0 spiro atoms. The molecule has 1 aliphatic rings. The highest BCUT2D eigenvalue weighted by Gasteiger charge is 2.29. The number of hydrogen-bond acceptors (Lipinski definition) is 3. The number of rotatable bonds is 3. The number of furan rings is 1. The number of carbonyl (C=O) groups excluding carboxylic acids is 1. The number of benzene rings is 1. The fourth-order valence-electron chi connectivity index (χ4n) is 2.19. The smallest absolute Gasteiger partial charge is 0.276 e. The molecule has 21 heavy (non-hydrogen) atoms. The monoisotopic (exact) mass is 298 g/mol. The summed E-state index contributed by atoms with van der Waals surface area (Å²) in [6.07, 6.45) is 1.68. The summed E-state index contributed by atoms with van der Waals surface area (Å²) in [4.78, 5) is 13.6. The lowest BCUT2D eigenvalue weighted by molar-refractivity contribution is -0.122. The van der Waals surface area contributed by atoms with E-state index in [9.17, 15) is 4.79 Å². The van der Waals surface area contributed by atoms with Gasteiger partial charge in [-0.2, -0.15) is 0 Å². The summed E-state index contributed by atoms with van der Waals surface area (Å²) in [7, 11) is 0. The van der Waals surface area contributed by atoms with E-state index >= 15 is 0 Å². The van der Waals surface area contributed by atoms with Crippen LogP contribution in [0.15, 0.2) is 52.6 Å². The van der Waals surface area contributed by atoms with E-state index in [0.717, 1.165) is 11.3 Å². The molecule has 1 saturated heterocycles. The molecule has 5 heteroatoms. The first-order valence-corrected chi connectivity index (χ1v) is 7.09. The molecular weight excluding hydrogens is 284 g/mol. The quantitative estimate of drug-likeness (QED) is 0.699. The maximum atomic E-state index is 12.1. The Balaban J connectivity index is 1.87. The highest BCUT2D eigenvalue weighted by Crippen LogP contribution is 2.23. The molecular formula is C16H14N2O2S. The fourth-order valence-corrected chi connectivity index (χ4v) is 2.51. The summed E-state index contributed by atoms with van der Waals surface area (Å²) in [5.41, 5.74) is 1.44. The Kier molecular flexibility index (Phi) is 3.58. The minimum Gasteiger partial charge on any atom is -0.457 e. The third-order valence-electron chi connectivity index (χ3n) is 3.25. The summed E-state index contributed by atoms with van der Waals surface area (Å²) >= 11 is 5.11. The molecule has 0 aliphatic carbocycles. The molecule has 1 fully saturated rings. The minimum atomic E-state index is -0.125. The molecule has 1 aromatic heterocycles. The van der Waals surface area contributed by atoms with Crippen LogP contribution < -0.4 is 5.32 Å². The first-order chi connectivity index (χ1) is 10.2. The third kappa shape index (κ3) is 2.60. The van der Waals surface area contributed by atoms with Crippen LogP contribution in [0, 0.1) is 0 Å². The van der Waals surface area contributed by atoms with Gasteiger partial charge in [-0.1, -0.05) is 30.3 Å². The first-order valence-electron chi connectivity index (χ1n) is 6.69. The molecule has 0 radical (unpaired) electrons. The Hall–Kier alpha value is -2.40. The zero-order valence-electron chi connectivity index (χ0n) is 11.5. The standard InChI is InChI=1S/C16H14N2O2S/c1-2-18-15(19)13(17-16(18)21)10-12-8-9-14(20-12)11-6-4-3-5-7-11/h3-10H,2H2,1H3,(H,17,21)/b13-10-. The van der Waals surface area contributed by atoms with Crippen molar-refractivity contribution in [1.29, 1.82) is 0 Å². The number of amides is 1. The summed E-state index contributed by atoms with van der Waals surface area (Å²) in [5.74, 6) is 1.26. The summed E-state index contributed by atoms with van der Waals surface area (Å²) < 4.78 is 5.75. The van der Waals surface area contributed by atoms with Crippen LogP contribution in [0.25, 0.3) is 17.4 Å². The van der Waals surface area contributed by atoms with Crippen molar-refractivity contribution < 1.29 is 9.21 Å². The van der Waals surface area contributed by atoms with E-state index in [0.29, 0.717) is 23.1 Å². The lowest BCUT2D eigenvalue weighted by Gasteiger charge is -2.08. The number of carbonyl (C=O) groups is 1. The van der Waals surface area contributed by atoms with Gasteiger partial charge in [0.15, 0.2) is 5.11 Å². The minimum absolute atomic E-state index is 0.125. The maximum Gasteiger partial charge on any atom is 0.276 e. The number of hydrogen-bond donors (Lipinski definition) is 1. The second-order valence-electron chi connectivity index (χ2n) is 4.61. The van der Waals surface area contributed by atoms with Crippen LogP contribution in [-0.4, -0.2) is 22.5 Å². The number of thiocarbonyl (C=S) groups is 1. The van der Waals surface area contributed by atoms with Crippen molar-refractivity contribution in [3.8, 4) is 11.3 Å². The van der Waals surface area contributed by atoms with Gasteiger partial charge in [0.2, 0.25) is 0 Å². The molecule has 0 saturated carbocycles. The van der Waals surface area contributed by atoms with E-state index in [2.05, 4.69) is 5.32 Å². The van der Waals surface area contributed by atoms with Gasteiger partial charge in [0.05, 0.1) is 0 Å². The largest absolute Gasteiger partial charge is 0.457 e. The van der Waals surface area contributed by atoms with E-state index in [1.807, 2.05) is 49.4 Å². The molecule has 3 rings (SSSR count). The van der Waals surface area contributed by atoms with Crippen LogP contribution >= 0.6 is 12.2 Å². The molecule has 1 aliphatic heterocycles. The van der Waals surface area contributed by atoms with E-state index in [-0.39, 0.29) is 5.91 Å². The van der Waals surface area contributed by atoms with Gasteiger partial charge in [-0.05, 0) is 31.3 Å². The Morgan fingerprint density at radius 2 is 2.00 bits per heavy atom. The maximum absolute atomic E-state index is 12.1. The Morgan fingerprint density at radius 3 is 2.67 bits per heavy atom. The second kappa shape index (κ2) is 5.54. The number of nitrogens with one attached hydrogen (secondary N) is 1. The molecule has 0 atom stereocenters. The highest BCUT2D eigenvalue weighted by molar-refractivity contribution is 7.80. The molecule has 1 aromatic carbocycles. The average molecular weight is 298 g/mol. The summed E-state index contributed by atoms with van der Waals surface area (Å²) in [6, 6.07) is 13.5. The predicted molar refractivity (Wildman–Crippen MR) is 85.2 cm³/mol. The van der Waals surface area contributed by atoms with Gasteiger partial charge >= 0.3 is 0 Å². The van der Waals surface area contributed by atoms with Crippen LogP contribution in [-0.2, 0) is 4.79 Å². The topological polar surface area (TPSA) is 45.5 Å². The van der Waals surface area contributed by atoms with Gasteiger partial charge in [-0.15, -0.1) is 0 Å². The molecule has 1 N–H and O–H groups in total. The zero-order valence-corrected chi connectivity index (χ0v) is 12.3. The SMILES string of the molecule is CCN1C(=O)/C(=C/c2ccc(-c3ccccc3)o2)NC1=S. The van der Waals surface area contributed by atoms with Gasteiger partial charge in [0, 0.05) is 18.2 Å². The normalized spacial score (nSPS) is 16.6. The molecule has 106 valence electrons. The molecule has 0 unspecified atom stereocenters. The molecule has 0 bridgehead atoms. The van der Waals surface area contributed by atoms with Crippen molar-refractivity contribution in [2.45, 2.75) is 6.92 Å². The molecule has 1 amide bonds. The Bertz CT molecular complexity index is 719. The Labute approximate surface area is 128 Å². The van der Waals surface area contributed by atoms with Gasteiger partial charge < -0.3 is 9.73 Å². The van der Waals surface area contributed by atoms with Crippen molar-refractivity contribution >= 4 is 29.3 Å². The summed E-state index contributed by atoms with van der Waals surface area (Å²) in [6.45, 7) is 2.44. The average Bonchev–Trinajstić information content (AvgIpc) is 3.06. The van der Waals surface area contributed by atoms with Crippen molar-refractivity contribution in [3.63, 3.8) is 0 Å². The number of likely N-dealkylation sites (N-methyl/N-ethyl adjacent to an activating group) is 1. The predicted octanol–water partition coefficient (Wildman–Crippen LogP) is 3.02. The van der Waals surface area contributed by atoms with E-state index in [1.165, 1.54) is 4.90 Å². The zero-order chi connectivity index (χ0) is 14.8. The molecule has 4 nitrogen and oxygen atoms in total. The van der Waals surface area contributed by atoms with Crippen molar-refractivity contribution in [3.05, 3.63) is 53.9 Å². The third-order valence-corrected chi connectivity index (χ3v) is 3.57. The highest BCUT2D eigenvalue weighted by atomic mass is 32.1. The van der Waals surface area contributed by atoms with Gasteiger partial charge in [-0.3, -0.25) is 9.69 Å². The lowest BCUT2D eigenvalue weighted by atomic mass is 10.2. The molecule has 2 heterocycles. The van der Waals surface area contributed by atoms with Crippen molar-refractivity contribution in [1.82, 2.24) is 10.2 Å². The van der Waals surface area contributed by atoms with Gasteiger partial charge in [0.25, 0.3) is 5.91 Å². The van der Waals surface area contributed by atoms with Gasteiger partial charge in [0.1, 0.15) is 17.2 Å². The lowest BCUT2D eigenvalue weighted by Crippen LogP contribution is -2.30. The Morgan fingerprint density at radius 1 is 1.24 bits per heavy atom. The van der Waals surface area contributed by atoms with Crippen LogP contribution in [0.1, 0.15) is 12.7 Å². The van der Waals surface area contributed by atoms with Crippen molar-refractivity contribution in [2.75, 3.05) is 6.54 Å². The summed E-state index contributed by atoms with van der Waals surface area (Å²) in [5, 5.41) is 3.34. The van der Waals surface area contributed by atoms with Gasteiger partial charge in [-0.25, -0.2) is 0 Å². The van der Waals surface area contributed by atoms with E-state index in [1.54, 1.807) is 6.08 Å². The fraction of sp³-hybridized carbons (Fsp3) is 0.125. The van der Waals surface area contributed by atoms with Crippen LogP contribution in [0.4, 0.5) is 0 Å². The van der Waals surface area contributed by atoms with Crippen LogP contribution in [0.3, 0.4) is 0 Å². The van der Waals surface area contributed by atoms with Crippen LogP contribution in [0.2, 0.25) is 0 Å². The molecule has 2 aromatic rings. The van der Waals surface area contributed by atoms with E-state index in [4.69, 9.17) is 16.6 Å².